The summed E-state index contributed by atoms with van der Waals surface area (Å²) >= 11 is 0. The van der Waals surface area contributed by atoms with E-state index in [1.807, 2.05) is 0 Å². The van der Waals surface area contributed by atoms with Crippen LogP contribution < -0.4 is 5.73 Å². The third-order valence-electron chi connectivity index (χ3n) is 2.26. The van der Waals surface area contributed by atoms with Crippen LogP contribution in [0, 0.1) is 0 Å². The highest BCUT2D eigenvalue weighted by Crippen LogP contribution is 2.10. The van der Waals surface area contributed by atoms with Crippen molar-refractivity contribution >= 4 is 6.29 Å². The van der Waals surface area contributed by atoms with Crippen molar-refractivity contribution in [1.82, 2.24) is 4.90 Å². The van der Waals surface area contributed by atoms with Gasteiger partial charge in [-0.25, -0.2) is 0 Å². The summed E-state index contributed by atoms with van der Waals surface area (Å²) in [5, 5.41) is 0. The summed E-state index contributed by atoms with van der Waals surface area (Å²) in [6.07, 6.45) is 4.69. The van der Waals surface area contributed by atoms with Crippen LogP contribution >= 0.6 is 0 Å². The van der Waals surface area contributed by atoms with Gasteiger partial charge in [-0.3, -0.25) is 4.90 Å². The van der Waals surface area contributed by atoms with E-state index in [2.05, 4.69) is 4.90 Å². The molecule has 0 spiro atoms. The third kappa shape index (κ3) is 2.27. The number of rotatable bonds is 3. The fourth-order valence-electron chi connectivity index (χ4n) is 1.54. The monoisotopic (exact) mass is 156 g/mol. The quantitative estimate of drug-likeness (QED) is 0.585. The van der Waals surface area contributed by atoms with Crippen molar-refractivity contribution in [1.29, 1.82) is 0 Å². The maximum absolute atomic E-state index is 10.5. The molecule has 3 heteroatoms. The molecular formula is C8H16N2O. The summed E-state index contributed by atoms with van der Waals surface area (Å²) in [5.41, 5.74) is 5.44. The molecule has 0 saturated carbocycles. The Labute approximate surface area is 67.5 Å². The molecule has 11 heavy (non-hydrogen) atoms. The normalized spacial score (nSPS) is 23.0. The Balaban J connectivity index is 2.35. The average Bonchev–Trinajstić information content (AvgIpc) is 2.09. The van der Waals surface area contributed by atoms with E-state index in [1.54, 1.807) is 0 Å². The number of carbonyl (C=O) groups excluding carboxylic acids is 1. The highest BCUT2D eigenvalue weighted by molar-refractivity contribution is 5.57. The smallest absolute Gasteiger partial charge is 0.138 e. The maximum atomic E-state index is 10.5. The van der Waals surface area contributed by atoms with Gasteiger partial charge in [0.2, 0.25) is 0 Å². The predicted octanol–water partition coefficient (Wildman–Crippen LogP) is -0.00150. The lowest BCUT2D eigenvalue weighted by Gasteiger charge is -2.30. The van der Waals surface area contributed by atoms with Gasteiger partial charge < -0.3 is 10.5 Å². The topological polar surface area (TPSA) is 46.3 Å². The molecule has 1 aliphatic rings. The molecule has 1 heterocycles. The van der Waals surface area contributed by atoms with Gasteiger partial charge in [0.15, 0.2) is 0 Å². The van der Waals surface area contributed by atoms with Gasteiger partial charge in [-0.1, -0.05) is 6.42 Å². The van der Waals surface area contributed by atoms with Crippen LogP contribution in [0.15, 0.2) is 0 Å². The van der Waals surface area contributed by atoms with Crippen molar-refractivity contribution in [3.63, 3.8) is 0 Å². The number of likely N-dealkylation sites (tertiary alicyclic amines) is 1. The molecule has 2 N–H and O–H groups in total. The maximum Gasteiger partial charge on any atom is 0.138 e. The molecule has 1 fully saturated rings. The molecule has 0 amide bonds. The molecular weight excluding hydrogens is 140 g/mol. The highest BCUT2D eigenvalue weighted by Gasteiger charge is 2.17. The molecule has 0 aromatic heterocycles. The summed E-state index contributed by atoms with van der Waals surface area (Å²) in [4.78, 5) is 12.7. The summed E-state index contributed by atoms with van der Waals surface area (Å²) in [6.45, 7) is 2.55. The number of nitrogens with zero attached hydrogens (tertiary/aromatic N) is 1. The minimum atomic E-state index is -0.0321. The first-order valence-electron chi connectivity index (χ1n) is 4.28. The molecule has 3 nitrogen and oxygen atoms in total. The average molecular weight is 156 g/mol. The molecule has 1 unspecified atom stereocenters. The number of hydrogen-bond donors (Lipinski definition) is 1. The largest absolute Gasteiger partial charge is 0.328 e. The molecule has 0 bridgehead atoms. The summed E-state index contributed by atoms with van der Waals surface area (Å²) in [5.74, 6) is 0. The zero-order valence-electron chi connectivity index (χ0n) is 6.83. The number of hydrogen-bond acceptors (Lipinski definition) is 3. The molecule has 0 aromatic carbocycles. The highest BCUT2D eigenvalue weighted by atomic mass is 16.1. The number of aldehydes is 1. The molecule has 0 radical (unpaired) electrons. The van der Waals surface area contributed by atoms with Crippen LogP contribution in [-0.2, 0) is 4.79 Å². The lowest BCUT2D eigenvalue weighted by Crippen LogP contribution is -2.44. The van der Waals surface area contributed by atoms with E-state index in [9.17, 15) is 4.79 Å². The van der Waals surface area contributed by atoms with E-state index in [1.165, 1.54) is 19.3 Å². The number of piperidine rings is 1. The second kappa shape index (κ2) is 4.46. The minimum Gasteiger partial charge on any atom is -0.328 e. The molecule has 1 saturated heterocycles. The van der Waals surface area contributed by atoms with Crippen LogP contribution in [0.25, 0.3) is 0 Å². The van der Waals surface area contributed by atoms with Gasteiger partial charge in [-0.05, 0) is 25.9 Å². The SMILES string of the molecule is NCC(C=O)N1CCCCC1. The van der Waals surface area contributed by atoms with Gasteiger partial charge in [-0.2, -0.15) is 0 Å². The third-order valence-corrected chi connectivity index (χ3v) is 2.26. The Morgan fingerprint density at radius 1 is 1.36 bits per heavy atom. The molecule has 1 atom stereocenters. The van der Waals surface area contributed by atoms with Gasteiger partial charge in [0.25, 0.3) is 0 Å². The van der Waals surface area contributed by atoms with Crippen molar-refractivity contribution < 1.29 is 4.79 Å². The van der Waals surface area contributed by atoms with Crippen LogP contribution in [0.4, 0.5) is 0 Å². The minimum absolute atomic E-state index is 0.0321. The van der Waals surface area contributed by atoms with Gasteiger partial charge in [0, 0.05) is 6.54 Å². The Morgan fingerprint density at radius 3 is 2.45 bits per heavy atom. The summed E-state index contributed by atoms with van der Waals surface area (Å²) < 4.78 is 0. The lowest BCUT2D eigenvalue weighted by molar-refractivity contribution is -0.112. The lowest BCUT2D eigenvalue weighted by atomic mass is 10.1. The molecule has 0 aliphatic carbocycles. The van der Waals surface area contributed by atoms with Crippen molar-refractivity contribution in [2.75, 3.05) is 19.6 Å². The van der Waals surface area contributed by atoms with Gasteiger partial charge in [-0.15, -0.1) is 0 Å². The Kier molecular flexibility index (Phi) is 3.52. The van der Waals surface area contributed by atoms with Gasteiger partial charge >= 0.3 is 0 Å². The van der Waals surface area contributed by atoms with E-state index in [0.717, 1.165) is 19.4 Å². The van der Waals surface area contributed by atoms with Crippen molar-refractivity contribution in [3.8, 4) is 0 Å². The summed E-state index contributed by atoms with van der Waals surface area (Å²) in [6, 6.07) is -0.0321. The molecule has 1 aliphatic heterocycles. The first-order chi connectivity index (χ1) is 5.38. The predicted molar refractivity (Wildman–Crippen MR) is 44.3 cm³/mol. The second-order valence-corrected chi connectivity index (χ2v) is 3.04. The fraction of sp³-hybridized carbons (Fsp3) is 0.875. The van der Waals surface area contributed by atoms with Crippen LogP contribution in [0.3, 0.4) is 0 Å². The van der Waals surface area contributed by atoms with Crippen LogP contribution in [0.1, 0.15) is 19.3 Å². The van der Waals surface area contributed by atoms with Crippen LogP contribution in [0.5, 0.6) is 0 Å². The first-order valence-corrected chi connectivity index (χ1v) is 4.28. The number of nitrogens with two attached hydrogens (primary N) is 1. The van der Waals surface area contributed by atoms with Gasteiger partial charge in [0.1, 0.15) is 6.29 Å². The zero-order valence-corrected chi connectivity index (χ0v) is 6.83. The zero-order chi connectivity index (χ0) is 8.10. The van der Waals surface area contributed by atoms with Crippen molar-refractivity contribution in [3.05, 3.63) is 0 Å². The van der Waals surface area contributed by atoms with Gasteiger partial charge in [0.05, 0.1) is 6.04 Å². The fourth-order valence-corrected chi connectivity index (χ4v) is 1.54. The Morgan fingerprint density at radius 2 is 2.00 bits per heavy atom. The molecule has 0 aromatic rings. The second-order valence-electron chi connectivity index (χ2n) is 3.04. The van der Waals surface area contributed by atoms with E-state index in [0.29, 0.717) is 6.54 Å². The van der Waals surface area contributed by atoms with E-state index >= 15 is 0 Å². The Bertz CT molecular complexity index is 121. The molecule has 64 valence electrons. The summed E-state index contributed by atoms with van der Waals surface area (Å²) in [7, 11) is 0. The van der Waals surface area contributed by atoms with Crippen molar-refractivity contribution in [2.45, 2.75) is 25.3 Å². The standard InChI is InChI=1S/C8H16N2O/c9-6-8(7-11)10-4-2-1-3-5-10/h7-8H,1-6,9H2. The van der Waals surface area contributed by atoms with Crippen LogP contribution in [-0.4, -0.2) is 36.9 Å². The van der Waals surface area contributed by atoms with Crippen molar-refractivity contribution in [2.24, 2.45) is 5.73 Å². The molecule has 1 rings (SSSR count). The van der Waals surface area contributed by atoms with E-state index in [-0.39, 0.29) is 6.04 Å². The first kappa shape index (κ1) is 8.68. The van der Waals surface area contributed by atoms with Crippen LogP contribution in [0.2, 0.25) is 0 Å². The number of carbonyl (C=O) groups is 1. The Hall–Kier alpha value is -0.410. The van der Waals surface area contributed by atoms with E-state index < -0.39 is 0 Å². The van der Waals surface area contributed by atoms with E-state index in [4.69, 9.17) is 5.73 Å².